The van der Waals surface area contributed by atoms with Gasteiger partial charge in [0.15, 0.2) is 0 Å². The van der Waals surface area contributed by atoms with E-state index in [9.17, 15) is 0 Å². The summed E-state index contributed by atoms with van der Waals surface area (Å²) in [5.74, 6) is 0.605. The first-order valence-electron chi connectivity index (χ1n) is 10.1. The minimum atomic E-state index is 0.333. The third kappa shape index (κ3) is 4.45. The van der Waals surface area contributed by atoms with Crippen LogP contribution in [0.2, 0.25) is 0 Å². The molecule has 1 aromatic carbocycles. The number of likely N-dealkylation sites (N-methyl/N-ethyl adjacent to an activating group) is 1. The van der Waals surface area contributed by atoms with Gasteiger partial charge in [-0.3, -0.25) is 9.80 Å². The van der Waals surface area contributed by atoms with Crippen molar-refractivity contribution in [3.8, 4) is 6.07 Å². The van der Waals surface area contributed by atoms with Crippen molar-refractivity contribution in [2.24, 2.45) is 0 Å². The van der Waals surface area contributed by atoms with Crippen molar-refractivity contribution in [3.05, 3.63) is 46.8 Å². The molecule has 0 aromatic heterocycles. The second-order valence-corrected chi connectivity index (χ2v) is 7.91. The van der Waals surface area contributed by atoms with Crippen LogP contribution in [-0.2, 0) is 0 Å². The normalized spacial score (nSPS) is 23.7. The highest BCUT2D eigenvalue weighted by atomic mass is 15.3. The maximum atomic E-state index is 8.97. The Morgan fingerprint density at radius 3 is 2.41 bits per heavy atom. The van der Waals surface area contributed by atoms with E-state index in [1.165, 1.54) is 29.8 Å². The lowest BCUT2D eigenvalue weighted by molar-refractivity contribution is 0.137. The molecule has 0 amide bonds. The number of piperidine rings is 1. The zero-order chi connectivity index (χ0) is 19.4. The summed E-state index contributed by atoms with van der Waals surface area (Å²) in [5, 5.41) is 16.2. The van der Waals surface area contributed by atoms with E-state index < -0.39 is 0 Å². The van der Waals surface area contributed by atoms with Crippen LogP contribution in [-0.4, -0.2) is 55.7 Å². The average molecular weight is 368 g/mol. The van der Waals surface area contributed by atoms with Crippen molar-refractivity contribution < 1.29 is 0 Å². The largest absolute Gasteiger partial charge is 0.390 e. The first kappa shape index (κ1) is 19.7. The highest BCUT2D eigenvalue weighted by molar-refractivity contribution is 5.33. The molecule has 1 fully saturated rings. The van der Waals surface area contributed by atoms with Gasteiger partial charge in [0.05, 0.1) is 17.8 Å². The molecule has 2 unspecified atom stereocenters. The predicted molar refractivity (Wildman–Crippen MR) is 110 cm³/mol. The van der Waals surface area contributed by atoms with Crippen LogP contribution < -0.4 is 10.6 Å². The Morgan fingerprint density at radius 1 is 1.15 bits per heavy atom. The van der Waals surface area contributed by atoms with Crippen LogP contribution in [0.4, 0.5) is 0 Å². The average Bonchev–Trinajstić information content (AvgIpc) is 2.71. The molecule has 0 saturated carbocycles. The standard InChI is InChI=1S/C22H33N5/c1-16-22(21(24-3)11-12-26(16)4)25-17(2)27-13-9-20(10-14-27)19-7-5-18(15-23)6-8-19/h5-8,16-17,20,24-25H,9-14H2,1-4H3. The van der Waals surface area contributed by atoms with Crippen molar-refractivity contribution in [1.29, 1.82) is 5.26 Å². The van der Waals surface area contributed by atoms with Crippen LogP contribution in [0.15, 0.2) is 35.7 Å². The predicted octanol–water partition coefficient (Wildman–Crippen LogP) is 2.83. The van der Waals surface area contributed by atoms with Gasteiger partial charge in [-0.05, 0) is 57.4 Å². The number of likely N-dealkylation sites (tertiary alicyclic amines) is 1. The molecule has 0 radical (unpaired) electrons. The van der Waals surface area contributed by atoms with Gasteiger partial charge in [-0.2, -0.15) is 5.26 Å². The summed E-state index contributed by atoms with van der Waals surface area (Å²) in [6, 6.07) is 10.8. The van der Waals surface area contributed by atoms with Gasteiger partial charge in [-0.1, -0.05) is 12.1 Å². The Hall–Kier alpha value is -2.03. The molecule has 0 aliphatic carbocycles. The van der Waals surface area contributed by atoms with Crippen molar-refractivity contribution in [2.45, 2.75) is 51.2 Å². The van der Waals surface area contributed by atoms with E-state index >= 15 is 0 Å². The van der Waals surface area contributed by atoms with Crippen LogP contribution in [0.3, 0.4) is 0 Å². The number of nitrogens with zero attached hydrogens (tertiary/aromatic N) is 3. The molecule has 2 aliphatic heterocycles. The molecule has 0 bridgehead atoms. The molecule has 5 nitrogen and oxygen atoms in total. The maximum Gasteiger partial charge on any atom is 0.0991 e. The minimum absolute atomic E-state index is 0.333. The molecule has 146 valence electrons. The Balaban J connectivity index is 1.58. The van der Waals surface area contributed by atoms with Crippen LogP contribution >= 0.6 is 0 Å². The van der Waals surface area contributed by atoms with Gasteiger partial charge in [0.25, 0.3) is 0 Å². The summed E-state index contributed by atoms with van der Waals surface area (Å²) in [6.45, 7) is 7.87. The van der Waals surface area contributed by atoms with Gasteiger partial charge in [0.2, 0.25) is 0 Å². The van der Waals surface area contributed by atoms with E-state index in [0.29, 0.717) is 18.1 Å². The van der Waals surface area contributed by atoms with Crippen LogP contribution in [0.25, 0.3) is 0 Å². The van der Waals surface area contributed by atoms with Crippen LogP contribution in [0, 0.1) is 11.3 Å². The summed E-state index contributed by atoms with van der Waals surface area (Å²) >= 11 is 0. The van der Waals surface area contributed by atoms with Gasteiger partial charge < -0.3 is 10.6 Å². The van der Waals surface area contributed by atoms with Crippen molar-refractivity contribution in [3.63, 3.8) is 0 Å². The molecule has 2 atom stereocenters. The van der Waals surface area contributed by atoms with E-state index in [-0.39, 0.29) is 0 Å². The van der Waals surface area contributed by atoms with Crippen LogP contribution in [0.5, 0.6) is 0 Å². The van der Waals surface area contributed by atoms with E-state index in [1.807, 2.05) is 19.2 Å². The Labute approximate surface area is 164 Å². The Bertz CT molecular complexity index is 694. The van der Waals surface area contributed by atoms with Crippen LogP contribution in [0.1, 0.15) is 50.2 Å². The molecule has 3 rings (SSSR count). The lowest BCUT2D eigenvalue weighted by Crippen LogP contribution is -2.51. The molecule has 0 spiro atoms. The van der Waals surface area contributed by atoms with Crippen molar-refractivity contribution >= 4 is 0 Å². The quantitative estimate of drug-likeness (QED) is 0.838. The van der Waals surface area contributed by atoms with Crippen molar-refractivity contribution in [1.82, 2.24) is 20.4 Å². The molecule has 5 heteroatoms. The SMILES string of the molecule is CNC1=C(NC(C)N2CCC(c3ccc(C#N)cc3)CC2)C(C)N(C)CC1. The number of hydrogen-bond donors (Lipinski definition) is 2. The fourth-order valence-corrected chi connectivity index (χ4v) is 4.32. The van der Waals surface area contributed by atoms with E-state index in [1.54, 1.807) is 0 Å². The molecule has 1 aromatic rings. The first-order chi connectivity index (χ1) is 13.0. The summed E-state index contributed by atoms with van der Waals surface area (Å²) in [4.78, 5) is 4.97. The van der Waals surface area contributed by atoms with E-state index in [4.69, 9.17) is 5.26 Å². The minimum Gasteiger partial charge on any atom is -0.390 e. The summed E-state index contributed by atoms with van der Waals surface area (Å²) in [5.41, 5.74) is 4.80. The number of hydrogen-bond acceptors (Lipinski definition) is 5. The number of benzene rings is 1. The summed E-state index contributed by atoms with van der Waals surface area (Å²) in [7, 11) is 4.23. The van der Waals surface area contributed by atoms with E-state index in [2.05, 4.69) is 59.5 Å². The molecule has 2 N–H and O–H groups in total. The summed E-state index contributed by atoms with van der Waals surface area (Å²) in [6.07, 6.45) is 3.75. The van der Waals surface area contributed by atoms with Gasteiger partial charge in [0.1, 0.15) is 0 Å². The molecule has 2 heterocycles. The topological polar surface area (TPSA) is 54.3 Å². The van der Waals surface area contributed by atoms with Gasteiger partial charge in [-0.15, -0.1) is 0 Å². The Kier molecular flexibility index (Phi) is 6.41. The van der Waals surface area contributed by atoms with Gasteiger partial charge >= 0.3 is 0 Å². The fraction of sp³-hybridized carbons (Fsp3) is 0.591. The number of rotatable bonds is 5. The second kappa shape index (κ2) is 8.77. The molecular formula is C22H33N5. The first-order valence-corrected chi connectivity index (χ1v) is 10.1. The number of nitrogens with one attached hydrogen (secondary N) is 2. The highest BCUT2D eigenvalue weighted by Gasteiger charge is 2.28. The second-order valence-electron chi connectivity index (χ2n) is 7.91. The summed E-state index contributed by atoms with van der Waals surface area (Å²) < 4.78 is 0. The molecule has 2 aliphatic rings. The smallest absolute Gasteiger partial charge is 0.0991 e. The fourth-order valence-electron chi connectivity index (χ4n) is 4.32. The zero-order valence-electron chi connectivity index (χ0n) is 17.1. The Morgan fingerprint density at radius 2 is 1.81 bits per heavy atom. The maximum absolute atomic E-state index is 8.97. The lowest BCUT2D eigenvalue weighted by atomic mass is 9.89. The molecular weight excluding hydrogens is 334 g/mol. The van der Waals surface area contributed by atoms with E-state index in [0.717, 1.165) is 31.6 Å². The molecule has 1 saturated heterocycles. The number of nitriles is 1. The monoisotopic (exact) mass is 367 g/mol. The highest BCUT2D eigenvalue weighted by Crippen LogP contribution is 2.29. The molecule has 27 heavy (non-hydrogen) atoms. The van der Waals surface area contributed by atoms with Gasteiger partial charge in [0, 0.05) is 50.5 Å². The third-order valence-electron chi connectivity index (χ3n) is 6.37. The zero-order valence-corrected chi connectivity index (χ0v) is 17.1. The third-order valence-corrected chi connectivity index (χ3v) is 6.37. The van der Waals surface area contributed by atoms with Gasteiger partial charge in [-0.25, -0.2) is 0 Å². The lowest BCUT2D eigenvalue weighted by Gasteiger charge is -2.41. The van der Waals surface area contributed by atoms with Crippen molar-refractivity contribution in [2.75, 3.05) is 33.7 Å².